The van der Waals surface area contributed by atoms with E-state index >= 15 is 0 Å². The minimum Gasteiger partial charge on any atom is -0.341 e. The average molecular weight is 247 g/mol. The van der Waals surface area contributed by atoms with Gasteiger partial charge < -0.3 is 4.90 Å². The molecule has 1 aromatic rings. The van der Waals surface area contributed by atoms with Gasteiger partial charge in [0.15, 0.2) is 5.78 Å². The molecule has 0 spiro atoms. The Morgan fingerprint density at radius 1 is 1.17 bits per heavy atom. The molecule has 0 atom stereocenters. The number of nitrogens with zero attached hydrogens (tertiary/aromatic N) is 3. The summed E-state index contributed by atoms with van der Waals surface area (Å²) < 4.78 is 0. The second-order valence-corrected chi connectivity index (χ2v) is 5.30. The Hall–Kier alpha value is -1.45. The van der Waals surface area contributed by atoms with Gasteiger partial charge in [0.2, 0.25) is 5.95 Å². The summed E-state index contributed by atoms with van der Waals surface area (Å²) >= 11 is 0. The normalized spacial score (nSPS) is 17.0. The number of aryl methyl sites for hydroxylation is 2. The van der Waals surface area contributed by atoms with Gasteiger partial charge in [-0.3, -0.25) is 4.79 Å². The third-order valence-corrected chi connectivity index (χ3v) is 3.68. The quantitative estimate of drug-likeness (QED) is 0.753. The van der Waals surface area contributed by atoms with Crippen molar-refractivity contribution in [1.29, 1.82) is 0 Å². The van der Waals surface area contributed by atoms with Crippen LogP contribution in [0.2, 0.25) is 0 Å². The number of Topliss-reactive ketones (excluding diaryl/α,β-unsaturated/α-hetero) is 1. The fraction of sp³-hybridized carbons (Fsp3) is 0.643. The van der Waals surface area contributed by atoms with Crippen molar-refractivity contribution in [3.05, 3.63) is 17.0 Å². The van der Waals surface area contributed by atoms with E-state index in [4.69, 9.17) is 0 Å². The van der Waals surface area contributed by atoms with E-state index in [1.807, 2.05) is 13.8 Å². The van der Waals surface area contributed by atoms with E-state index in [0.29, 0.717) is 5.56 Å². The number of carbonyl (C=O) groups is 1. The summed E-state index contributed by atoms with van der Waals surface area (Å²) in [6.07, 6.45) is 2.38. The molecule has 0 aliphatic carbocycles. The van der Waals surface area contributed by atoms with Crippen LogP contribution in [-0.2, 0) is 0 Å². The van der Waals surface area contributed by atoms with E-state index in [1.165, 1.54) is 12.8 Å². The fourth-order valence-corrected chi connectivity index (χ4v) is 2.56. The summed E-state index contributed by atoms with van der Waals surface area (Å²) in [4.78, 5) is 22.7. The van der Waals surface area contributed by atoms with Gasteiger partial charge in [0.25, 0.3) is 0 Å². The molecule has 1 aromatic heterocycles. The van der Waals surface area contributed by atoms with Crippen LogP contribution in [0.1, 0.15) is 48.4 Å². The van der Waals surface area contributed by atoms with Crippen LogP contribution in [0.25, 0.3) is 0 Å². The molecular formula is C14H21N3O. The van der Waals surface area contributed by atoms with Gasteiger partial charge in [0.1, 0.15) is 0 Å². The first-order valence-corrected chi connectivity index (χ1v) is 6.60. The number of hydrogen-bond acceptors (Lipinski definition) is 4. The Bertz CT molecular complexity index is 439. The summed E-state index contributed by atoms with van der Waals surface area (Å²) in [6, 6.07) is 0. The smallest absolute Gasteiger partial charge is 0.225 e. The van der Waals surface area contributed by atoms with Gasteiger partial charge in [-0.2, -0.15) is 0 Å². The summed E-state index contributed by atoms with van der Waals surface area (Å²) in [5, 5.41) is 0. The molecule has 1 saturated heterocycles. The van der Waals surface area contributed by atoms with Gasteiger partial charge in [-0.05, 0) is 39.5 Å². The molecule has 2 heterocycles. The van der Waals surface area contributed by atoms with Crippen LogP contribution in [-0.4, -0.2) is 28.8 Å². The van der Waals surface area contributed by atoms with E-state index in [9.17, 15) is 4.79 Å². The highest BCUT2D eigenvalue weighted by Gasteiger charge is 2.20. The second-order valence-electron chi connectivity index (χ2n) is 5.30. The molecule has 4 heteroatoms. The van der Waals surface area contributed by atoms with E-state index in [1.54, 1.807) is 6.92 Å². The van der Waals surface area contributed by atoms with Crippen molar-refractivity contribution in [2.75, 3.05) is 18.0 Å². The maximum Gasteiger partial charge on any atom is 0.225 e. The molecule has 0 radical (unpaired) electrons. The van der Waals surface area contributed by atoms with Crippen LogP contribution < -0.4 is 4.90 Å². The number of piperidine rings is 1. The first-order valence-electron chi connectivity index (χ1n) is 6.60. The Balaban J connectivity index is 2.28. The van der Waals surface area contributed by atoms with Gasteiger partial charge in [0.05, 0.1) is 17.0 Å². The number of hydrogen-bond donors (Lipinski definition) is 0. The molecule has 1 fully saturated rings. The predicted molar refractivity (Wildman–Crippen MR) is 72.1 cm³/mol. The molecule has 0 amide bonds. The molecule has 98 valence electrons. The van der Waals surface area contributed by atoms with Gasteiger partial charge in [-0.25, -0.2) is 9.97 Å². The van der Waals surface area contributed by atoms with Crippen molar-refractivity contribution in [3.63, 3.8) is 0 Å². The number of ketones is 1. The van der Waals surface area contributed by atoms with Crippen LogP contribution >= 0.6 is 0 Å². The van der Waals surface area contributed by atoms with Crippen LogP contribution in [0.4, 0.5) is 5.95 Å². The van der Waals surface area contributed by atoms with Gasteiger partial charge in [0, 0.05) is 13.1 Å². The van der Waals surface area contributed by atoms with Crippen molar-refractivity contribution in [1.82, 2.24) is 9.97 Å². The molecule has 18 heavy (non-hydrogen) atoms. The van der Waals surface area contributed by atoms with Crippen LogP contribution in [0.15, 0.2) is 0 Å². The zero-order chi connectivity index (χ0) is 13.3. The lowest BCUT2D eigenvalue weighted by Gasteiger charge is -2.30. The highest BCUT2D eigenvalue weighted by Crippen LogP contribution is 2.22. The van der Waals surface area contributed by atoms with Gasteiger partial charge in [-0.15, -0.1) is 0 Å². The van der Waals surface area contributed by atoms with Crippen molar-refractivity contribution in [2.45, 2.75) is 40.5 Å². The standard InChI is InChI=1S/C14H21N3O/c1-9-5-7-17(8-6-9)14-15-10(2)13(12(4)18)11(3)16-14/h9H,5-8H2,1-4H3. The maximum absolute atomic E-state index is 11.5. The third-order valence-electron chi connectivity index (χ3n) is 3.68. The minimum absolute atomic E-state index is 0.0452. The topological polar surface area (TPSA) is 46.1 Å². The summed E-state index contributed by atoms with van der Waals surface area (Å²) in [5.74, 6) is 1.62. The zero-order valence-electron chi connectivity index (χ0n) is 11.7. The lowest BCUT2D eigenvalue weighted by Crippen LogP contribution is -2.34. The molecule has 0 saturated carbocycles. The number of carbonyl (C=O) groups excluding carboxylic acids is 1. The summed E-state index contributed by atoms with van der Waals surface area (Å²) in [5.41, 5.74) is 2.26. The Morgan fingerprint density at radius 2 is 1.67 bits per heavy atom. The Kier molecular flexibility index (Phi) is 3.64. The lowest BCUT2D eigenvalue weighted by atomic mass is 9.99. The highest BCUT2D eigenvalue weighted by molar-refractivity contribution is 5.96. The number of aromatic nitrogens is 2. The molecular weight excluding hydrogens is 226 g/mol. The first-order chi connectivity index (χ1) is 8.49. The molecule has 0 bridgehead atoms. The average Bonchev–Trinajstić information content (AvgIpc) is 2.28. The zero-order valence-corrected chi connectivity index (χ0v) is 11.7. The Labute approximate surface area is 108 Å². The van der Waals surface area contributed by atoms with E-state index < -0.39 is 0 Å². The van der Waals surface area contributed by atoms with E-state index in [-0.39, 0.29) is 5.78 Å². The van der Waals surface area contributed by atoms with Crippen molar-refractivity contribution < 1.29 is 4.79 Å². The molecule has 1 aliphatic rings. The third kappa shape index (κ3) is 2.52. The maximum atomic E-state index is 11.5. The van der Waals surface area contributed by atoms with Crippen LogP contribution in [0.5, 0.6) is 0 Å². The van der Waals surface area contributed by atoms with E-state index in [0.717, 1.165) is 36.3 Å². The lowest BCUT2D eigenvalue weighted by molar-refractivity contribution is 0.101. The van der Waals surface area contributed by atoms with E-state index in [2.05, 4.69) is 21.8 Å². The molecule has 4 nitrogen and oxygen atoms in total. The van der Waals surface area contributed by atoms with Crippen LogP contribution in [0.3, 0.4) is 0 Å². The van der Waals surface area contributed by atoms with Gasteiger partial charge in [-0.1, -0.05) is 6.92 Å². The number of anilines is 1. The molecule has 0 N–H and O–H groups in total. The molecule has 1 aliphatic heterocycles. The fourth-order valence-electron chi connectivity index (χ4n) is 2.56. The Morgan fingerprint density at radius 3 is 2.11 bits per heavy atom. The number of rotatable bonds is 2. The highest BCUT2D eigenvalue weighted by atomic mass is 16.1. The molecule has 0 aromatic carbocycles. The van der Waals surface area contributed by atoms with Crippen molar-refractivity contribution >= 4 is 11.7 Å². The van der Waals surface area contributed by atoms with Crippen molar-refractivity contribution in [3.8, 4) is 0 Å². The summed E-state index contributed by atoms with van der Waals surface area (Å²) in [7, 11) is 0. The van der Waals surface area contributed by atoms with Crippen molar-refractivity contribution in [2.24, 2.45) is 5.92 Å². The second kappa shape index (κ2) is 5.04. The monoisotopic (exact) mass is 247 g/mol. The first kappa shape index (κ1) is 13.0. The van der Waals surface area contributed by atoms with Crippen LogP contribution in [0, 0.1) is 19.8 Å². The predicted octanol–water partition coefficient (Wildman–Crippen LogP) is 2.53. The van der Waals surface area contributed by atoms with Gasteiger partial charge >= 0.3 is 0 Å². The minimum atomic E-state index is 0.0452. The summed E-state index contributed by atoms with van der Waals surface area (Å²) in [6.45, 7) is 9.66. The molecule has 0 unspecified atom stereocenters. The largest absolute Gasteiger partial charge is 0.341 e. The SMILES string of the molecule is CC(=O)c1c(C)nc(N2CCC(C)CC2)nc1C. The molecule has 2 rings (SSSR count).